The van der Waals surface area contributed by atoms with Crippen LogP contribution in [0.3, 0.4) is 0 Å². The summed E-state index contributed by atoms with van der Waals surface area (Å²) in [6.45, 7) is 2.57. The third kappa shape index (κ3) is 5.21. The van der Waals surface area contributed by atoms with Crippen LogP contribution in [0.15, 0.2) is 83.4 Å². The fraction of sp³-hybridized carbons (Fsp3) is 0.222. The fourth-order valence-corrected chi connectivity index (χ4v) is 4.29. The summed E-state index contributed by atoms with van der Waals surface area (Å²) in [4.78, 5) is 19.4. The zero-order valence-corrected chi connectivity index (χ0v) is 18.7. The number of aromatic nitrogens is 2. The van der Waals surface area contributed by atoms with Crippen LogP contribution in [-0.4, -0.2) is 34.0 Å². The normalized spacial score (nSPS) is 16.3. The van der Waals surface area contributed by atoms with Gasteiger partial charge in [-0.15, -0.1) is 0 Å². The predicted molar refractivity (Wildman–Crippen MR) is 128 cm³/mol. The Morgan fingerprint density at radius 2 is 1.88 bits per heavy atom. The first-order valence-electron chi connectivity index (χ1n) is 11.4. The molecule has 172 valence electrons. The van der Waals surface area contributed by atoms with Crippen LogP contribution in [0.4, 0.5) is 10.1 Å². The quantitative estimate of drug-likeness (QED) is 0.414. The van der Waals surface area contributed by atoms with Gasteiger partial charge in [-0.05, 0) is 61.3 Å². The Kier molecular flexibility index (Phi) is 6.44. The zero-order valence-electron chi connectivity index (χ0n) is 18.7. The van der Waals surface area contributed by atoms with Crippen molar-refractivity contribution in [1.82, 2.24) is 15.0 Å². The average molecular weight is 457 g/mol. The Balaban J connectivity index is 1.20. The number of para-hydroxylation sites is 1. The lowest BCUT2D eigenvalue weighted by Crippen LogP contribution is -2.34. The molecule has 1 N–H and O–H groups in total. The van der Waals surface area contributed by atoms with E-state index in [0.717, 1.165) is 43.7 Å². The van der Waals surface area contributed by atoms with E-state index < -0.39 is 0 Å². The Hall–Kier alpha value is -3.84. The van der Waals surface area contributed by atoms with Crippen LogP contribution >= 0.6 is 0 Å². The molecule has 0 radical (unpaired) electrons. The van der Waals surface area contributed by atoms with Crippen LogP contribution < -0.4 is 5.32 Å². The van der Waals surface area contributed by atoms with Gasteiger partial charge in [0.2, 0.25) is 11.7 Å². The number of rotatable bonds is 6. The fourth-order valence-electron chi connectivity index (χ4n) is 4.29. The third-order valence-corrected chi connectivity index (χ3v) is 6.03. The van der Waals surface area contributed by atoms with Crippen molar-refractivity contribution in [2.24, 2.45) is 0 Å². The topological polar surface area (TPSA) is 71.3 Å². The molecule has 0 aliphatic carbocycles. The standard InChI is InChI=1S/C27H25FN4O2/c28-23-8-4-6-21(16-23)25-30-27(34-31-25)22-7-5-15-32(18-22)17-19-11-13-20(14-12-19)26(33)29-24-9-2-1-3-10-24/h1-4,6,8-14,16,22H,5,7,15,17-18H2,(H,29,33). The van der Waals surface area contributed by atoms with E-state index in [1.807, 2.05) is 54.6 Å². The highest BCUT2D eigenvalue weighted by Crippen LogP contribution is 2.28. The van der Waals surface area contributed by atoms with E-state index in [1.54, 1.807) is 12.1 Å². The van der Waals surface area contributed by atoms with E-state index >= 15 is 0 Å². The van der Waals surface area contributed by atoms with E-state index in [9.17, 15) is 9.18 Å². The summed E-state index contributed by atoms with van der Waals surface area (Å²) in [7, 11) is 0. The molecule has 6 nitrogen and oxygen atoms in total. The molecular weight excluding hydrogens is 431 g/mol. The number of anilines is 1. The lowest BCUT2D eigenvalue weighted by Gasteiger charge is -2.30. The number of likely N-dealkylation sites (tertiary alicyclic amines) is 1. The molecule has 1 unspecified atom stereocenters. The van der Waals surface area contributed by atoms with Crippen molar-refractivity contribution >= 4 is 11.6 Å². The Labute approximate surface area is 197 Å². The SMILES string of the molecule is O=C(Nc1ccccc1)c1ccc(CN2CCCC(c3nc(-c4cccc(F)c4)no3)C2)cc1. The second-order valence-corrected chi connectivity index (χ2v) is 8.56. The van der Waals surface area contributed by atoms with Crippen molar-refractivity contribution in [3.8, 4) is 11.4 Å². The molecule has 0 saturated carbocycles. The van der Waals surface area contributed by atoms with E-state index in [4.69, 9.17) is 4.52 Å². The van der Waals surface area contributed by atoms with E-state index in [0.29, 0.717) is 22.8 Å². The highest BCUT2D eigenvalue weighted by Gasteiger charge is 2.26. The van der Waals surface area contributed by atoms with E-state index in [-0.39, 0.29) is 17.6 Å². The Morgan fingerprint density at radius 3 is 2.68 bits per heavy atom. The van der Waals surface area contributed by atoms with Crippen molar-refractivity contribution in [3.63, 3.8) is 0 Å². The third-order valence-electron chi connectivity index (χ3n) is 6.03. The van der Waals surface area contributed by atoms with E-state index in [1.165, 1.54) is 12.1 Å². The first-order chi connectivity index (χ1) is 16.6. The number of amides is 1. The van der Waals surface area contributed by atoms with Crippen LogP contribution in [0, 0.1) is 5.82 Å². The van der Waals surface area contributed by atoms with Gasteiger partial charge >= 0.3 is 0 Å². The van der Waals surface area contributed by atoms with Crippen molar-refractivity contribution in [3.05, 3.63) is 102 Å². The number of carbonyl (C=O) groups is 1. The molecule has 1 fully saturated rings. The lowest BCUT2D eigenvalue weighted by atomic mass is 9.97. The van der Waals surface area contributed by atoms with Crippen molar-refractivity contribution < 1.29 is 13.7 Å². The number of nitrogens with zero attached hydrogens (tertiary/aromatic N) is 3. The molecule has 0 bridgehead atoms. The first kappa shape index (κ1) is 22.0. The number of hydrogen-bond donors (Lipinski definition) is 1. The predicted octanol–water partition coefficient (Wildman–Crippen LogP) is 5.51. The maximum Gasteiger partial charge on any atom is 0.255 e. The number of carbonyl (C=O) groups excluding carboxylic acids is 1. The molecule has 1 atom stereocenters. The summed E-state index contributed by atoms with van der Waals surface area (Å²) >= 11 is 0. The van der Waals surface area contributed by atoms with Gasteiger partial charge in [-0.1, -0.05) is 47.6 Å². The van der Waals surface area contributed by atoms with Gasteiger partial charge in [-0.2, -0.15) is 4.98 Å². The number of halogens is 1. The van der Waals surface area contributed by atoms with Gasteiger partial charge in [0.25, 0.3) is 5.91 Å². The maximum absolute atomic E-state index is 13.5. The highest BCUT2D eigenvalue weighted by molar-refractivity contribution is 6.04. The second-order valence-electron chi connectivity index (χ2n) is 8.56. The summed E-state index contributed by atoms with van der Waals surface area (Å²) < 4.78 is 19.1. The molecule has 0 spiro atoms. The van der Waals surface area contributed by atoms with Crippen molar-refractivity contribution in [1.29, 1.82) is 0 Å². The molecule has 1 aliphatic heterocycles. The lowest BCUT2D eigenvalue weighted by molar-refractivity contribution is 0.102. The molecule has 1 saturated heterocycles. The van der Waals surface area contributed by atoms with Crippen LogP contribution in [0.5, 0.6) is 0 Å². The molecule has 2 heterocycles. The molecular formula is C27H25FN4O2. The van der Waals surface area contributed by atoms with Crippen molar-refractivity contribution in [2.45, 2.75) is 25.3 Å². The molecule has 1 aliphatic rings. The van der Waals surface area contributed by atoms with Gasteiger partial charge in [0.1, 0.15) is 5.82 Å². The van der Waals surface area contributed by atoms with Crippen LogP contribution in [-0.2, 0) is 6.54 Å². The number of hydrogen-bond acceptors (Lipinski definition) is 5. The molecule has 1 aromatic heterocycles. The number of benzene rings is 3. The van der Waals surface area contributed by atoms with E-state index in [2.05, 4.69) is 20.4 Å². The molecule has 7 heteroatoms. The molecule has 4 aromatic rings. The van der Waals surface area contributed by atoms with Gasteiger partial charge in [-0.25, -0.2) is 4.39 Å². The minimum atomic E-state index is -0.323. The van der Waals surface area contributed by atoms with Gasteiger partial charge in [-0.3, -0.25) is 9.69 Å². The summed E-state index contributed by atoms with van der Waals surface area (Å²) in [5, 5.41) is 6.97. The van der Waals surface area contributed by atoms with Gasteiger partial charge in [0.05, 0.1) is 5.92 Å². The maximum atomic E-state index is 13.5. The Bertz CT molecular complexity index is 1260. The smallest absolute Gasteiger partial charge is 0.255 e. The molecule has 5 rings (SSSR count). The summed E-state index contributed by atoms with van der Waals surface area (Å²) in [6, 6.07) is 23.4. The molecule has 34 heavy (non-hydrogen) atoms. The van der Waals surface area contributed by atoms with Gasteiger partial charge < -0.3 is 9.84 Å². The number of nitrogens with one attached hydrogen (secondary N) is 1. The molecule has 3 aromatic carbocycles. The Morgan fingerprint density at radius 1 is 1.06 bits per heavy atom. The van der Waals surface area contributed by atoms with Crippen LogP contribution in [0.25, 0.3) is 11.4 Å². The van der Waals surface area contributed by atoms with Crippen LogP contribution in [0.1, 0.15) is 40.6 Å². The average Bonchev–Trinajstić information content (AvgIpc) is 3.36. The van der Waals surface area contributed by atoms with Crippen LogP contribution in [0.2, 0.25) is 0 Å². The monoisotopic (exact) mass is 456 g/mol. The summed E-state index contributed by atoms with van der Waals surface area (Å²) in [5.74, 6) is 0.699. The minimum absolute atomic E-state index is 0.124. The van der Waals surface area contributed by atoms with Gasteiger partial charge in [0, 0.05) is 29.9 Å². The first-order valence-corrected chi connectivity index (χ1v) is 11.4. The summed E-state index contributed by atoms with van der Waals surface area (Å²) in [6.07, 6.45) is 2.00. The second kappa shape index (κ2) is 9.97. The summed E-state index contributed by atoms with van der Waals surface area (Å²) in [5.41, 5.74) is 3.15. The highest BCUT2D eigenvalue weighted by atomic mass is 19.1. The number of piperidine rings is 1. The molecule has 1 amide bonds. The zero-order chi connectivity index (χ0) is 23.3. The minimum Gasteiger partial charge on any atom is -0.339 e. The van der Waals surface area contributed by atoms with Crippen molar-refractivity contribution in [2.75, 3.05) is 18.4 Å². The largest absolute Gasteiger partial charge is 0.339 e. The van der Waals surface area contributed by atoms with Gasteiger partial charge in [0.15, 0.2) is 0 Å².